The highest BCUT2D eigenvalue weighted by atomic mass is 16.1. The summed E-state index contributed by atoms with van der Waals surface area (Å²) in [5.41, 5.74) is 2.35. The molecule has 0 bridgehead atoms. The normalized spacial score (nSPS) is 19.1. The Kier molecular flexibility index (Phi) is 4.95. The minimum Gasteiger partial charge on any atom is -0.387 e. The van der Waals surface area contributed by atoms with E-state index in [2.05, 4.69) is 27.4 Å². The molecule has 110 valence electrons. The van der Waals surface area contributed by atoms with Crippen LogP contribution in [-0.2, 0) is 0 Å². The van der Waals surface area contributed by atoms with E-state index < -0.39 is 0 Å². The molecule has 1 atom stereocenters. The molecular formula is C15H24N4O. The van der Waals surface area contributed by atoms with E-state index in [-0.39, 0.29) is 5.91 Å². The lowest BCUT2D eigenvalue weighted by molar-refractivity contribution is 0.0948. The lowest BCUT2D eigenvalue weighted by Gasteiger charge is -2.14. The van der Waals surface area contributed by atoms with Crippen molar-refractivity contribution in [2.45, 2.75) is 20.3 Å². The smallest absolute Gasteiger partial charge is 0.254 e. The molecule has 1 aliphatic heterocycles. The SMILES string of the molecule is CCN1CCC(CNC(=O)c2cnc(C)cc2NC)C1. The van der Waals surface area contributed by atoms with Crippen LogP contribution in [0.3, 0.4) is 0 Å². The van der Waals surface area contributed by atoms with Crippen LogP contribution in [0.5, 0.6) is 0 Å². The fourth-order valence-electron chi connectivity index (χ4n) is 2.65. The van der Waals surface area contributed by atoms with Crippen molar-refractivity contribution < 1.29 is 4.79 Å². The second kappa shape index (κ2) is 6.70. The molecule has 1 aromatic rings. The zero-order valence-corrected chi connectivity index (χ0v) is 12.6. The first-order chi connectivity index (χ1) is 9.63. The van der Waals surface area contributed by atoms with Gasteiger partial charge in [0.2, 0.25) is 0 Å². The highest BCUT2D eigenvalue weighted by molar-refractivity contribution is 5.99. The van der Waals surface area contributed by atoms with Gasteiger partial charge < -0.3 is 15.5 Å². The summed E-state index contributed by atoms with van der Waals surface area (Å²) in [6.45, 7) is 8.16. The van der Waals surface area contributed by atoms with Crippen LogP contribution in [-0.4, -0.2) is 49.0 Å². The van der Waals surface area contributed by atoms with Gasteiger partial charge in [-0.05, 0) is 38.4 Å². The molecule has 1 aliphatic rings. The van der Waals surface area contributed by atoms with E-state index in [1.807, 2.05) is 20.0 Å². The van der Waals surface area contributed by atoms with Gasteiger partial charge in [0, 0.05) is 32.0 Å². The van der Waals surface area contributed by atoms with Crippen molar-refractivity contribution in [1.82, 2.24) is 15.2 Å². The number of carbonyl (C=O) groups excluding carboxylic acids is 1. The molecule has 1 amide bonds. The number of nitrogens with one attached hydrogen (secondary N) is 2. The van der Waals surface area contributed by atoms with Crippen molar-refractivity contribution >= 4 is 11.6 Å². The van der Waals surface area contributed by atoms with Crippen molar-refractivity contribution in [2.24, 2.45) is 5.92 Å². The molecule has 0 aliphatic carbocycles. The second-order valence-electron chi connectivity index (χ2n) is 5.38. The Hall–Kier alpha value is -1.62. The van der Waals surface area contributed by atoms with E-state index in [4.69, 9.17) is 0 Å². The quantitative estimate of drug-likeness (QED) is 0.856. The molecule has 5 heteroatoms. The van der Waals surface area contributed by atoms with E-state index in [9.17, 15) is 4.79 Å². The van der Waals surface area contributed by atoms with Gasteiger partial charge in [-0.25, -0.2) is 0 Å². The van der Waals surface area contributed by atoms with E-state index in [0.717, 1.165) is 37.6 Å². The average Bonchev–Trinajstić information content (AvgIpc) is 2.92. The van der Waals surface area contributed by atoms with Crippen LogP contribution in [0.2, 0.25) is 0 Å². The maximum Gasteiger partial charge on any atom is 0.254 e. The fourth-order valence-corrected chi connectivity index (χ4v) is 2.65. The molecule has 5 nitrogen and oxygen atoms in total. The van der Waals surface area contributed by atoms with Crippen LogP contribution in [0, 0.1) is 12.8 Å². The number of rotatable bonds is 5. The Balaban J connectivity index is 1.92. The Morgan fingerprint density at radius 2 is 2.35 bits per heavy atom. The van der Waals surface area contributed by atoms with Crippen molar-refractivity contribution in [3.05, 3.63) is 23.5 Å². The Labute approximate surface area is 120 Å². The number of hydrogen-bond donors (Lipinski definition) is 2. The first-order valence-electron chi connectivity index (χ1n) is 7.29. The average molecular weight is 276 g/mol. The molecular weight excluding hydrogens is 252 g/mol. The zero-order valence-electron chi connectivity index (χ0n) is 12.6. The predicted molar refractivity (Wildman–Crippen MR) is 81.1 cm³/mol. The van der Waals surface area contributed by atoms with Crippen molar-refractivity contribution in [1.29, 1.82) is 0 Å². The molecule has 1 fully saturated rings. The van der Waals surface area contributed by atoms with Crippen LogP contribution in [0.15, 0.2) is 12.3 Å². The van der Waals surface area contributed by atoms with Crippen LogP contribution in [0.1, 0.15) is 29.4 Å². The predicted octanol–water partition coefficient (Wildman–Crippen LogP) is 1.50. The van der Waals surface area contributed by atoms with Gasteiger partial charge in [-0.1, -0.05) is 6.92 Å². The number of pyridine rings is 1. The summed E-state index contributed by atoms with van der Waals surface area (Å²) >= 11 is 0. The van der Waals surface area contributed by atoms with E-state index in [1.54, 1.807) is 6.20 Å². The molecule has 0 aromatic carbocycles. The largest absolute Gasteiger partial charge is 0.387 e. The molecule has 2 rings (SSSR count). The van der Waals surface area contributed by atoms with E-state index in [1.165, 1.54) is 6.42 Å². The molecule has 0 radical (unpaired) electrons. The Bertz CT molecular complexity index is 475. The lowest BCUT2D eigenvalue weighted by atomic mass is 10.1. The maximum absolute atomic E-state index is 12.2. The van der Waals surface area contributed by atoms with Crippen molar-refractivity contribution in [3.63, 3.8) is 0 Å². The molecule has 1 saturated heterocycles. The fraction of sp³-hybridized carbons (Fsp3) is 0.600. The van der Waals surface area contributed by atoms with Gasteiger partial charge >= 0.3 is 0 Å². The third kappa shape index (κ3) is 3.48. The number of hydrogen-bond acceptors (Lipinski definition) is 4. The van der Waals surface area contributed by atoms with Gasteiger partial charge in [-0.3, -0.25) is 9.78 Å². The number of aromatic nitrogens is 1. The van der Waals surface area contributed by atoms with Crippen molar-refractivity contribution in [2.75, 3.05) is 38.5 Å². The van der Waals surface area contributed by atoms with Gasteiger partial charge in [0.05, 0.1) is 11.3 Å². The van der Waals surface area contributed by atoms with Crippen LogP contribution in [0.25, 0.3) is 0 Å². The topological polar surface area (TPSA) is 57.3 Å². The number of anilines is 1. The molecule has 2 heterocycles. The first-order valence-corrected chi connectivity index (χ1v) is 7.29. The lowest BCUT2D eigenvalue weighted by Crippen LogP contribution is -2.31. The number of amides is 1. The number of nitrogens with zero attached hydrogens (tertiary/aromatic N) is 2. The first kappa shape index (κ1) is 14.8. The van der Waals surface area contributed by atoms with Gasteiger partial charge in [-0.2, -0.15) is 0 Å². The monoisotopic (exact) mass is 276 g/mol. The summed E-state index contributed by atoms with van der Waals surface area (Å²) in [6, 6.07) is 1.89. The molecule has 20 heavy (non-hydrogen) atoms. The molecule has 1 unspecified atom stereocenters. The third-order valence-electron chi connectivity index (χ3n) is 3.92. The summed E-state index contributed by atoms with van der Waals surface area (Å²) < 4.78 is 0. The summed E-state index contributed by atoms with van der Waals surface area (Å²) in [5.74, 6) is 0.521. The molecule has 0 saturated carbocycles. The highest BCUT2D eigenvalue weighted by Gasteiger charge is 2.22. The minimum absolute atomic E-state index is 0.0446. The summed E-state index contributed by atoms with van der Waals surface area (Å²) in [6.07, 6.45) is 2.81. The second-order valence-corrected chi connectivity index (χ2v) is 5.38. The summed E-state index contributed by atoms with van der Waals surface area (Å²) in [7, 11) is 1.82. The number of aryl methyl sites for hydroxylation is 1. The number of likely N-dealkylation sites (tertiary alicyclic amines) is 1. The van der Waals surface area contributed by atoms with Gasteiger partial charge in [0.15, 0.2) is 0 Å². The number of carbonyl (C=O) groups is 1. The Morgan fingerprint density at radius 3 is 3.00 bits per heavy atom. The van der Waals surface area contributed by atoms with Gasteiger partial charge in [-0.15, -0.1) is 0 Å². The van der Waals surface area contributed by atoms with Crippen molar-refractivity contribution in [3.8, 4) is 0 Å². The van der Waals surface area contributed by atoms with Gasteiger partial charge in [0.1, 0.15) is 0 Å². The highest BCUT2D eigenvalue weighted by Crippen LogP contribution is 2.17. The summed E-state index contributed by atoms with van der Waals surface area (Å²) in [4.78, 5) is 18.9. The van der Waals surface area contributed by atoms with Gasteiger partial charge in [0.25, 0.3) is 5.91 Å². The molecule has 1 aromatic heterocycles. The van der Waals surface area contributed by atoms with Crippen LogP contribution >= 0.6 is 0 Å². The third-order valence-corrected chi connectivity index (χ3v) is 3.92. The molecule has 2 N–H and O–H groups in total. The van der Waals surface area contributed by atoms with E-state index >= 15 is 0 Å². The molecule has 0 spiro atoms. The minimum atomic E-state index is -0.0446. The standard InChI is InChI=1S/C15H24N4O/c1-4-19-6-5-12(10-19)8-18-15(20)13-9-17-11(2)7-14(13)16-3/h7,9,12H,4-6,8,10H2,1-3H3,(H,16,17)(H,18,20). The summed E-state index contributed by atoms with van der Waals surface area (Å²) in [5, 5.41) is 6.09. The van der Waals surface area contributed by atoms with Crippen LogP contribution < -0.4 is 10.6 Å². The van der Waals surface area contributed by atoms with E-state index in [0.29, 0.717) is 11.5 Å². The van der Waals surface area contributed by atoms with Crippen LogP contribution in [0.4, 0.5) is 5.69 Å². The Morgan fingerprint density at radius 1 is 1.55 bits per heavy atom. The maximum atomic E-state index is 12.2. The zero-order chi connectivity index (χ0) is 14.5.